The summed E-state index contributed by atoms with van der Waals surface area (Å²) in [5.74, 6) is 0. The van der Waals surface area contributed by atoms with Crippen LogP contribution in [0, 0.1) is 11.3 Å². The molecule has 0 aliphatic rings. The van der Waals surface area contributed by atoms with E-state index in [1.165, 1.54) is 6.07 Å². The molecule has 0 aliphatic carbocycles. The van der Waals surface area contributed by atoms with Crippen LogP contribution in [0.4, 0.5) is 18.9 Å². The van der Waals surface area contributed by atoms with Gasteiger partial charge in [0.2, 0.25) is 0 Å². The monoisotopic (exact) mass is 301 g/mol. The number of benzene rings is 1. The van der Waals surface area contributed by atoms with Crippen molar-refractivity contribution in [3.8, 4) is 6.07 Å². The van der Waals surface area contributed by atoms with Crippen molar-refractivity contribution in [3.63, 3.8) is 0 Å². The number of hydrogen-bond donors (Lipinski definition) is 1. The van der Waals surface area contributed by atoms with Crippen molar-refractivity contribution >= 4 is 5.69 Å². The second kappa shape index (κ2) is 7.86. The molecule has 0 aliphatic heterocycles. The lowest BCUT2D eigenvalue weighted by Crippen LogP contribution is -2.20. The number of hydrogen-bond acceptors (Lipinski definition) is 4. The van der Waals surface area contributed by atoms with Crippen LogP contribution < -0.4 is 5.32 Å². The zero-order valence-electron chi connectivity index (χ0n) is 12.0. The first-order chi connectivity index (χ1) is 9.84. The van der Waals surface area contributed by atoms with Crippen molar-refractivity contribution in [2.45, 2.75) is 6.18 Å². The van der Waals surface area contributed by atoms with Gasteiger partial charge in [0.25, 0.3) is 0 Å². The van der Waals surface area contributed by atoms with Crippen LogP contribution >= 0.6 is 0 Å². The van der Waals surface area contributed by atoms with Gasteiger partial charge in [0.05, 0.1) is 30.0 Å². The molecular weight excluding hydrogens is 283 g/mol. The maximum atomic E-state index is 12.5. The maximum absolute atomic E-state index is 12.5. The van der Waals surface area contributed by atoms with Crippen LogP contribution in [0.2, 0.25) is 0 Å². The van der Waals surface area contributed by atoms with Crippen molar-refractivity contribution in [3.05, 3.63) is 29.3 Å². The summed E-state index contributed by atoms with van der Waals surface area (Å²) >= 11 is 0. The number of nitriles is 1. The van der Waals surface area contributed by atoms with Crippen LogP contribution in [0.5, 0.6) is 0 Å². The van der Waals surface area contributed by atoms with Crippen LogP contribution in [-0.2, 0) is 10.9 Å². The summed E-state index contributed by atoms with van der Waals surface area (Å²) in [5.41, 5.74) is -0.480. The van der Waals surface area contributed by atoms with Gasteiger partial charge in [-0.25, -0.2) is 0 Å². The highest BCUT2D eigenvalue weighted by atomic mass is 19.4. The molecule has 0 saturated heterocycles. The predicted octanol–water partition coefficient (Wildman–Crippen LogP) is 2.57. The number of nitrogens with zero attached hydrogens (tertiary/aromatic N) is 2. The Bertz CT molecular complexity index is 495. The highest BCUT2D eigenvalue weighted by Crippen LogP contribution is 2.31. The molecule has 0 saturated carbocycles. The predicted molar refractivity (Wildman–Crippen MR) is 74.0 cm³/mol. The molecule has 0 radical (unpaired) electrons. The van der Waals surface area contributed by atoms with Crippen LogP contribution in [0.1, 0.15) is 11.1 Å². The molecule has 0 bridgehead atoms. The lowest BCUT2D eigenvalue weighted by molar-refractivity contribution is -0.137. The fraction of sp³-hybridized carbons (Fsp3) is 0.500. The second-order valence-electron chi connectivity index (χ2n) is 4.71. The van der Waals surface area contributed by atoms with E-state index in [0.717, 1.165) is 18.7 Å². The summed E-state index contributed by atoms with van der Waals surface area (Å²) in [6, 6.07) is 4.83. The molecular formula is C14H18F3N3O. The summed E-state index contributed by atoms with van der Waals surface area (Å²) in [5, 5.41) is 11.8. The highest BCUT2D eigenvalue weighted by Gasteiger charge is 2.30. The Kier molecular flexibility index (Phi) is 6.46. The van der Waals surface area contributed by atoms with Gasteiger partial charge in [0.15, 0.2) is 0 Å². The average molecular weight is 301 g/mol. The lowest BCUT2D eigenvalue weighted by Gasteiger charge is -2.13. The summed E-state index contributed by atoms with van der Waals surface area (Å²) in [7, 11) is 3.87. The second-order valence-corrected chi connectivity index (χ2v) is 4.71. The first-order valence-electron chi connectivity index (χ1n) is 6.42. The quantitative estimate of drug-likeness (QED) is 0.786. The van der Waals surface area contributed by atoms with Crippen molar-refractivity contribution in [1.82, 2.24) is 4.90 Å². The number of nitrogens with one attached hydrogen (secondary N) is 1. The van der Waals surface area contributed by atoms with Crippen molar-refractivity contribution in [2.24, 2.45) is 0 Å². The van der Waals surface area contributed by atoms with Gasteiger partial charge in [0, 0.05) is 13.1 Å². The molecule has 21 heavy (non-hydrogen) atoms. The Morgan fingerprint density at radius 2 is 2.00 bits per heavy atom. The largest absolute Gasteiger partial charge is 0.416 e. The number of halogens is 3. The SMILES string of the molecule is CN(C)CCOCCNc1ccc(C(F)(F)F)cc1C#N. The molecule has 0 atom stereocenters. The smallest absolute Gasteiger partial charge is 0.382 e. The summed E-state index contributed by atoms with van der Waals surface area (Å²) < 4.78 is 43.0. The van der Waals surface area contributed by atoms with Gasteiger partial charge in [-0.05, 0) is 32.3 Å². The van der Waals surface area contributed by atoms with Gasteiger partial charge >= 0.3 is 6.18 Å². The molecule has 0 spiro atoms. The Morgan fingerprint density at radius 3 is 2.57 bits per heavy atom. The summed E-state index contributed by atoms with van der Waals surface area (Å²) in [4.78, 5) is 1.98. The summed E-state index contributed by atoms with van der Waals surface area (Å²) in [6.07, 6.45) is -4.45. The fourth-order valence-electron chi connectivity index (χ4n) is 1.57. The van der Waals surface area contributed by atoms with E-state index in [1.54, 1.807) is 6.07 Å². The fourth-order valence-corrected chi connectivity index (χ4v) is 1.57. The molecule has 1 aromatic rings. The molecule has 0 fully saturated rings. The molecule has 1 rings (SSSR count). The minimum absolute atomic E-state index is 0.0295. The molecule has 4 nitrogen and oxygen atoms in total. The van der Waals surface area contributed by atoms with Gasteiger partial charge in [-0.1, -0.05) is 0 Å². The number of ether oxygens (including phenoxy) is 1. The zero-order valence-corrected chi connectivity index (χ0v) is 12.0. The Hall–Kier alpha value is -1.78. The van der Waals surface area contributed by atoms with Crippen molar-refractivity contribution in [1.29, 1.82) is 5.26 Å². The third-order valence-corrected chi connectivity index (χ3v) is 2.71. The van der Waals surface area contributed by atoms with Crippen LogP contribution in [0.3, 0.4) is 0 Å². The molecule has 0 heterocycles. The van der Waals surface area contributed by atoms with E-state index >= 15 is 0 Å². The van der Waals surface area contributed by atoms with E-state index in [4.69, 9.17) is 10.00 Å². The van der Waals surface area contributed by atoms with E-state index < -0.39 is 11.7 Å². The van der Waals surface area contributed by atoms with E-state index in [-0.39, 0.29) is 5.56 Å². The van der Waals surface area contributed by atoms with E-state index in [0.29, 0.717) is 25.4 Å². The van der Waals surface area contributed by atoms with E-state index in [2.05, 4.69) is 5.32 Å². The van der Waals surface area contributed by atoms with E-state index in [1.807, 2.05) is 19.0 Å². The van der Waals surface area contributed by atoms with Gasteiger partial charge in [-0.3, -0.25) is 0 Å². The van der Waals surface area contributed by atoms with Crippen molar-refractivity contribution in [2.75, 3.05) is 45.7 Å². The molecule has 116 valence electrons. The molecule has 0 amide bonds. The van der Waals surface area contributed by atoms with Crippen LogP contribution in [-0.4, -0.2) is 45.3 Å². The Morgan fingerprint density at radius 1 is 1.29 bits per heavy atom. The van der Waals surface area contributed by atoms with Crippen molar-refractivity contribution < 1.29 is 17.9 Å². The van der Waals surface area contributed by atoms with Gasteiger partial charge in [0.1, 0.15) is 6.07 Å². The minimum atomic E-state index is -4.45. The normalized spacial score (nSPS) is 11.5. The first kappa shape index (κ1) is 17.3. The van der Waals surface area contributed by atoms with Crippen LogP contribution in [0.25, 0.3) is 0 Å². The number of rotatable bonds is 7. The van der Waals surface area contributed by atoms with E-state index in [9.17, 15) is 13.2 Å². The molecule has 1 N–H and O–H groups in total. The summed E-state index contributed by atoms with van der Waals surface area (Å²) in [6.45, 7) is 2.21. The number of anilines is 1. The molecule has 1 aromatic carbocycles. The average Bonchev–Trinajstić information content (AvgIpc) is 2.41. The number of likely N-dealkylation sites (N-methyl/N-ethyl adjacent to an activating group) is 1. The number of alkyl halides is 3. The Balaban J connectivity index is 2.51. The Labute approximate surface area is 122 Å². The highest BCUT2D eigenvalue weighted by molar-refractivity contribution is 5.58. The van der Waals surface area contributed by atoms with Gasteiger partial charge in [-0.2, -0.15) is 18.4 Å². The molecule has 0 unspecified atom stereocenters. The lowest BCUT2D eigenvalue weighted by atomic mass is 10.1. The molecule has 0 aromatic heterocycles. The maximum Gasteiger partial charge on any atom is 0.416 e. The zero-order chi connectivity index (χ0) is 15.9. The first-order valence-corrected chi connectivity index (χ1v) is 6.42. The van der Waals surface area contributed by atoms with Gasteiger partial charge in [-0.15, -0.1) is 0 Å². The van der Waals surface area contributed by atoms with Crippen LogP contribution in [0.15, 0.2) is 18.2 Å². The topological polar surface area (TPSA) is 48.3 Å². The third kappa shape index (κ3) is 6.02. The van der Waals surface area contributed by atoms with Gasteiger partial charge < -0.3 is 15.0 Å². The third-order valence-electron chi connectivity index (χ3n) is 2.71. The molecule has 7 heteroatoms. The standard InChI is InChI=1S/C14H18F3N3O/c1-20(2)6-8-21-7-5-19-13-4-3-12(14(15,16)17)9-11(13)10-18/h3-4,9,19H,5-8H2,1-2H3. The minimum Gasteiger partial charge on any atom is -0.382 e.